The van der Waals surface area contributed by atoms with Gasteiger partial charge in [-0.1, -0.05) is 35.5 Å². The van der Waals surface area contributed by atoms with Crippen molar-refractivity contribution in [2.24, 2.45) is 5.10 Å². The van der Waals surface area contributed by atoms with Gasteiger partial charge in [-0.15, -0.1) is 5.10 Å². The van der Waals surface area contributed by atoms with Gasteiger partial charge in [0.2, 0.25) is 0 Å². The van der Waals surface area contributed by atoms with Gasteiger partial charge >= 0.3 is 5.97 Å². The summed E-state index contributed by atoms with van der Waals surface area (Å²) in [5.41, 5.74) is 6.88. The minimum Gasteiger partial charge on any atom is -0.476 e. The van der Waals surface area contributed by atoms with Crippen molar-refractivity contribution in [3.05, 3.63) is 71.5 Å². The molecule has 3 rings (SSSR count). The fraction of sp³-hybridized carbons (Fsp3) is 0.111. The van der Waals surface area contributed by atoms with E-state index in [9.17, 15) is 4.79 Å². The molecule has 126 valence electrons. The quantitative estimate of drug-likeness (QED) is 0.552. The number of hydrogen-bond acceptors (Lipinski definition) is 5. The highest BCUT2D eigenvalue weighted by Gasteiger charge is 2.15. The Morgan fingerprint density at radius 2 is 1.80 bits per heavy atom. The van der Waals surface area contributed by atoms with E-state index in [1.165, 1.54) is 4.68 Å². The van der Waals surface area contributed by atoms with Crippen LogP contribution in [0.1, 0.15) is 28.7 Å². The number of aromatic nitrogens is 3. The SMILES string of the molecule is C/C(=N\Nc1ccccc1)c1ccc(-n2nnc(C(=O)O)c2C)cc1. The van der Waals surface area contributed by atoms with Crippen LogP contribution in [-0.2, 0) is 0 Å². The zero-order valence-electron chi connectivity index (χ0n) is 13.8. The zero-order valence-corrected chi connectivity index (χ0v) is 13.8. The molecule has 0 radical (unpaired) electrons. The summed E-state index contributed by atoms with van der Waals surface area (Å²) >= 11 is 0. The Balaban J connectivity index is 1.79. The molecule has 0 aliphatic heterocycles. The standard InChI is InChI=1S/C18H17N5O2/c1-12(19-20-15-6-4-3-5-7-15)14-8-10-16(11-9-14)23-13(2)17(18(24)25)21-22-23/h3-11,20H,1-2H3,(H,24,25)/b19-12+. The maximum absolute atomic E-state index is 11.1. The molecule has 0 spiro atoms. The third-order valence-electron chi connectivity index (χ3n) is 3.75. The summed E-state index contributed by atoms with van der Waals surface area (Å²) in [7, 11) is 0. The average molecular weight is 335 g/mol. The molecule has 0 saturated heterocycles. The highest BCUT2D eigenvalue weighted by molar-refractivity contribution is 5.99. The molecule has 7 heteroatoms. The number of carboxylic acids is 1. The second-order valence-electron chi connectivity index (χ2n) is 5.46. The summed E-state index contributed by atoms with van der Waals surface area (Å²) in [5, 5.41) is 21.0. The highest BCUT2D eigenvalue weighted by atomic mass is 16.4. The van der Waals surface area contributed by atoms with Crippen molar-refractivity contribution in [1.82, 2.24) is 15.0 Å². The summed E-state index contributed by atoms with van der Waals surface area (Å²) in [4.78, 5) is 11.1. The fourth-order valence-corrected chi connectivity index (χ4v) is 2.34. The molecule has 1 heterocycles. The van der Waals surface area contributed by atoms with Crippen molar-refractivity contribution < 1.29 is 9.90 Å². The van der Waals surface area contributed by atoms with Crippen LogP contribution in [-0.4, -0.2) is 31.8 Å². The largest absolute Gasteiger partial charge is 0.476 e. The molecule has 0 bridgehead atoms. The van der Waals surface area contributed by atoms with Crippen LogP contribution >= 0.6 is 0 Å². The number of para-hydroxylation sites is 1. The lowest BCUT2D eigenvalue weighted by molar-refractivity contribution is 0.0689. The molecule has 0 amide bonds. The van der Waals surface area contributed by atoms with Crippen LogP contribution in [0.3, 0.4) is 0 Å². The molecule has 2 aromatic carbocycles. The lowest BCUT2D eigenvalue weighted by atomic mass is 10.1. The molecular weight excluding hydrogens is 318 g/mol. The first kappa shape index (κ1) is 16.4. The van der Waals surface area contributed by atoms with Gasteiger partial charge in [0.05, 0.1) is 22.8 Å². The molecule has 25 heavy (non-hydrogen) atoms. The molecule has 0 fully saturated rings. The smallest absolute Gasteiger partial charge is 0.358 e. The lowest BCUT2D eigenvalue weighted by Crippen LogP contribution is -2.04. The number of aromatic carboxylic acids is 1. The van der Waals surface area contributed by atoms with Crippen LogP contribution < -0.4 is 5.43 Å². The minimum atomic E-state index is -1.09. The van der Waals surface area contributed by atoms with Gasteiger partial charge in [-0.3, -0.25) is 5.43 Å². The summed E-state index contributed by atoms with van der Waals surface area (Å²) < 4.78 is 1.50. The van der Waals surface area contributed by atoms with Crippen molar-refractivity contribution in [1.29, 1.82) is 0 Å². The molecule has 0 unspecified atom stereocenters. The second-order valence-corrected chi connectivity index (χ2v) is 5.46. The number of carbonyl (C=O) groups is 1. The van der Waals surface area contributed by atoms with Gasteiger partial charge in [0, 0.05) is 0 Å². The van der Waals surface area contributed by atoms with Gasteiger partial charge in [0.15, 0.2) is 5.69 Å². The Morgan fingerprint density at radius 1 is 1.12 bits per heavy atom. The Kier molecular flexibility index (Phi) is 4.56. The first-order valence-corrected chi connectivity index (χ1v) is 7.68. The number of nitrogens with one attached hydrogen (secondary N) is 1. The van der Waals surface area contributed by atoms with E-state index in [-0.39, 0.29) is 5.69 Å². The number of rotatable bonds is 5. The topological polar surface area (TPSA) is 92.4 Å². The number of anilines is 1. The van der Waals surface area contributed by atoms with Crippen molar-refractivity contribution in [3.8, 4) is 5.69 Å². The number of hydrogen-bond donors (Lipinski definition) is 2. The van der Waals surface area contributed by atoms with Gasteiger partial charge in [-0.2, -0.15) is 5.10 Å². The lowest BCUT2D eigenvalue weighted by Gasteiger charge is -2.06. The van der Waals surface area contributed by atoms with Crippen LogP contribution in [0.25, 0.3) is 5.69 Å². The Morgan fingerprint density at radius 3 is 2.40 bits per heavy atom. The second kappa shape index (κ2) is 6.96. The normalized spacial score (nSPS) is 11.4. The molecule has 2 N–H and O–H groups in total. The summed E-state index contributed by atoms with van der Waals surface area (Å²) in [5.74, 6) is -1.09. The van der Waals surface area contributed by atoms with Crippen LogP contribution in [0.5, 0.6) is 0 Å². The van der Waals surface area contributed by atoms with Crippen LogP contribution in [0.15, 0.2) is 59.7 Å². The first-order chi connectivity index (χ1) is 12.1. The maximum atomic E-state index is 11.1. The summed E-state index contributed by atoms with van der Waals surface area (Å²) in [6.45, 7) is 3.59. The van der Waals surface area contributed by atoms with Gasteiger partial charge in [0.1, 0.15) is 0 Å². The van der Waals surface area contributed by atoms with E-state index in [2.05, 4.69) is 20.8 Å². The molecule has 1 aromatic heterocycles. The van der Waals surface area contributed by atoms with E-state index in [1.54, 1.807) is 6.92 Å². The minimum absolute atomic E-state index is 0.0473. The van der Waals surface area contributed by atoms with Crippen LogP contribution in [0, 0.1) is 6.92 Å². The average Bonchev–Trinajstić information content (AvgIpc) is 3.02. The van der Waals surface area contributed by atoms with E-state index in [4.69, 9.17) is 5.11 Å². The number of nitrogens with zero attached hydrogens (tertiary/aromatic N) is 4. The maximum Gasteiger partial charge on any atom is 0.358 e. The third-order valence-corrected chi connectivity index (χ3v) is 3.75. The first-order valence-electron chi connectivity index (χ1n) is 7.68. The predicted molar refractivity (Wildman–Crippen MR) is 95.3 cm³/mol. The molecule has 0 aliphatic carbocycles. The third kappa shape index (κ3) is 3.55. The number of benzene rings is 2. The molecule has 0 atom stereocenters. The van der Waals surface area contributed by atoms with Crippen LogP contribution in [0.2, 0.25) is 0 Å². The molecular formula is C18H17N5O2. The van der Waals surface area contributed by atoms with Gasteiger partial charge < -0.3 is 5.11 Å². The van der Waals surface area contributed by atoms with E-state index >= 15 is 0 Å². The van der Waals surface area contributed by atoms with E-state index in [0.29, 0.717) is 5.69 Å². The van der Waals surface area contributed by atoms with E-state index in [0.717, 1.165) is 22.6 Å². The number of carboxylic acid groups (broad SMARTS) is 1. The summed E-state index contributed by atoms with van der Waals surface area (Å²) in [6.07, 6.45) is 0. The van der Waals surface area contributed by atoms with E-state index in [1.807, 2.05) is 61.5 Å². The Labute approximate surface area is 144 Å². The zero-order chi connectivity index (χ0) is 17.8. The van der Waals surface area contributed by atoms with E-state index < -0.39 is 5.97 Å². The highest BCUT2D eigenvalue weighted by Crippen LogP contribution is 2.14. The summed E-state index contributed by atoms with van der Waals surface area (Å²) in [6, 6.07) is 17.2. The van der Waals surface area contributed by atoms with Gasteiger partial charge in [-0.25, -0.2) is 9.48 Å². The Hall–Kier alpha value is -3.48. The molecule has 0 aliphatic rings. The van der Waals surface area contributed by atoms with Crippen molar-refractivity contribution in [2.45, 2.75) is 13.8 Å². The van der Waals surface area contributed by atoms with Crippen molar-refractivity contribution >= 4 is 17.4 Å². The van der Waals surface area contributed by atoms with Crippen molar-refractivity contribution in [2.75, 3.05) is 5.43 Å². The predicted octanol–water partition coefficient (Wildman–Crippen LogP) is 3.11. The Bertz CT molecular complexity index is 914. The molecule has 0 saturated carbocycles. The number of hydrazone groups is 1. The van der Waals surface area contributed by atoms with Crippen LogP contribution in [0.4, 0.5) is 5.69 Å². The molecule has 3 aromatic rings. The monoisotopic (exact) mass is 335 g/mol. The fourth-order valence-electron chi connectivity index (χ4n) is 2.34. The van der Waals surface area contributed by atoms with Gasteiger partial charge in [0.25, 0.3) is 0 Å². The molecule has 7 nitrogen and oxygen atoms in total. The van der Waals surface area contributed by atoms with Gasteiger partial charge in [-0.05, 0) is 43.7 Å². The van der Waals surface area contributed by atoms with Crippen molar-refractivity contribution in [3.63, 3.8) is 0 Å².